The van der Waals surface area contributed by atoms with E-state index in [1.54, 1.807) is 19.0 Å². The number of nitrogens with one attached hydrogen (secondary N) is 2. The van der Waals surface area contributed by atoms with Gasteiger partial charge < -0.3 is 25.0 Å². The molecule has 30 heavy (non-hydrogen) atoms. The smallest absolute Gasteiger partial charge is 0.243 e. The fourth-order valence-electron chi connectivity index (χ4n) is 3.55. The molecule has 9 heteroatoms. The summed E-state index contributed by atoms with van der Waals surface area (Å²) >= 11 is 0. The van der Waals surface area contributed by atoms with Crippen molar-refractivity contribution in [2.75, 3.05) is 66.6 Å². The lowest BCUT2D eigenvalue weighted by Crippen LogP contribution is -2.63. The van der Waals surface area contributed by atoms with E-state index in [0.717, 1.165) is 65.3 Å². The van der Waals surface area contributed by atoms with E-state index < -0.39 is 0 Å². The second-order valence-corrected chi connectivity index (χ2v) is 8.80. The zero-order valence-electron chi connectivity index (χ0n) is 19.4. The molecule has 2 N–H and O–H groups in total. The number of ether oxygens (including phenoxy) is 2. The largest absolute Gasteiger partial charge is 0.379 e. The molecule has 1 aliphatic heterocycles. The Hall–Kier alpha value is -0.650. The Labute approximate surface area is 199 Å². The number of carbonyl (C=O) groups excluding carboxylic acids is 1. The third-order valence-electron chi connectivity index (χ3n) is 6.00. The summed E-state index contributed by atoms with van der Waals surface area (Å²) in [6.07, 6.45) is 3.48. The third-order valence-corrected chi connectivity index (χ3v) is 6.00. The molecule has 8 nitrogen and oxygen atoms in total. The number of aliphatic imine (C=N–C) groups is 1. The molecule has 1 saturated heterocycles. The maximum absolute atomic E-state index is 12.0. The van der Waals surface area contributed by atoms with E-state index in [9.17, 15) is 4.79 Å². The first-order chi connectivity index (χ1) is 13.8. The lowest BCUT2D eigenvalue weighted by molar-refractivity contribution is -0.127. The van der Waals surface area contributed by atoms with Gasteiger partial charge in [0.1, 0.15) is 6.54 Å². The minimum Gasteiger partial charge on any atom is -0.379 e. The van der Waals surface area contributed by atoms with Crippen LogP contribution in [0.25, 0.3) is 0 Å². The highest BCUT2D eigenvalue weighted by Gasteiger charge is 2.49. The molecule has 1 amide bonds. The number of guanidine groups is 1. The van der Waals surface area contributed by atoms with E-state index in [1.807, 2.05) is 0 Å². The molecule has 2 unspecified atom stereocenters. The maximum atomic E-state index is 12.0. The second kappa shape index (κ2) is 13.7. The number of halogens is 1. The number of hydrogen-bond donors (Lipinski definition) is 2. The predicted octanol–water partition coefficient (Wildman–Crippen LogP) is 1.54. The Bertz CT molecular complexity index is 539. The average molecular weight is 540 g/mol. The van der Waals surface area contributed by atoms with Crippen LogP contribution in [0.4, 0.5) is 0 Å². The summed E-state index contributed by atoms with van der Waals surface area (Å²) in [5.41, 5.74) is 0.0337. The number of rotatable bonds is 10. The van der Waals surface area contributed by atoms with Gasteiger partial charge in [0, 0.05) is 58.3 Å². The monoisotopic (exact) mass is 539 g/mol. The van der Waals surface area contributed by atoms with Crippen LogP contribution < -0.4 is 10.6 Å². The SMILES string of the molecule is CCCCOC1CC(NC(=NCC(=O)N(C)C)NCCN2CCOCC2)C1(C)C.I. The molecular weight excluding hydrogens is 497 g/mol. The summed E-state index contributed by atoms with van der Waals surface area (Å²) in [6.45, 7) is 12.9. The van der Waals surface area contributed by atoms with Crippen molar-refractivity contribution >= 4 is 35.8 Å². The molecule has 1 heterocycles. The number of carbonyl (C=O) groups is 1. The van der Waals surface area contributed by atoms with Crippen molar-refractivity contribution < 1.29 is 14.3 Å². The van der Waals surface area contributed by atoms with Crippen molar-refractivity contribution in [1.29, 1.82) is 0 Å². The van der Waals surface area contributed by atoms with Gasteiger partial charge in [-0.15, -0.1) is 24.0 Å². The van der Waals surface area contributed by atoms with Crippen LogP contribution in [0.15, 0.2) is 4.99 Å². The Morgan fingerprint density at radius 2 is 2.00 bits per heavy atom. The van der Waals surface area contributed by atoms with Crippen LogP contribution in [-0.2, 0) is 14.3 Å². The van der Waals surface area contributed by atoms with Gasteiger partial charge in [-0.1, -0.05) is 27.2 Å². The number of unbranched alkanes of at least 4 members (excludes halogenated alkanes) is 1. The van der Waals surface area contributed by atoms with Crippen molar-refractivity contribution in [3.05, 3.63) is 0 Å². The Kier molecular flexibility index (Phi) is 12.5. The first kappa shape index (κ1) is 27.4. The molecule has 2 fully saturated rings. The van der Waals surface area contributed by atoms with Crippen LogP contribution in [0.3, 0.4) is 0 Å². The number of morpholine rings is 1. The fraction of sp³-hybridized carbons (Fsp3) is 0.905. The zero-order chi connectivity index (χ0) is 21.3. The first-order valence-electron chi connectivity index (χ1n) is 11.0. The van der Waals surface area contributed by atoms with Gasteiger partial charge in [0.05, 0.1) is 19.3 Å². The standard InChI is InChI=1S/C21H41N5O3.HI/c1-6-7-12-29-18-15-17(21(18,2)3)24-20(23-16-19(27)25(4)5)22-8-9-26-10-13-28-14-11-26;/h17-18H,6-16H2,1-5H3,(H2,22,23,24);1H. The molecular formula is C21H42IN5O3. The zero-order valence-corrected chi connectivity index (χ0v) is 21.7. The Morgan fingerprint density at radius 3 is 2.60 bits per heavy atom. The summed E-state index contributed by atoms with van der Waals surface area (Å²) in [4.78, 5) is 20.5. The molecule has 2 aliphatic rings. The van der Waals surface area contributed by atoms with Gasteiger partial charge in [0.15, 0.2) is 5.96 Å². The summed E-state index contributed by atoms with van der Waals surface area (Å²) in [5, 5.41) is 6.95. The van der Waals surface area contributed by atoms with Crippen molar-refractivity contribution in [2.45, 2.75) is 52.2 Å². The molecule has 2 rings (SSSR count). The summed E-state index contributed by atoms with van der Waals surface area (Å²) in [5.74, 6) is 0.700. The van der Waals surface area contributed by atoms with E-state index >= 15 is 0 Å². The van der Waals surface area contributed by atoms with Crippen LogP contribution >= 0.6 is 24.0 Å². The van der Waals surface area contributed by atoms with Gasteiger partial charge >= 0.3 is 0 Å². The van der Waals surface area contributed by atoms with Crippen molar-refractivity contribution in [1.82, 2.24) is 20.4 Å². The average Bonchev–Trinajstić information content (AvgIpc) is 2.70. The van der Waals surface area contributed by atoms with Gasteiger partial charge in [0.2, 0.25) is 5.91 Å². The molecule has 0 aromatic rings. The number of amides is 1. The van der Waals surface area contributed by atoms with E-state index in [0.29, 0.717) is 5.96 Å². The maximum Gasteiger partial charge on any atom is 0.243 e. The van der Waals surface area contributed by atoms with Gasteiger partial charge in [-0.05, 0) is 12.8 Å². The van der Waals surface area contributed by atoms with E-state index in [-0.39, 0.29) is 54.0 Å². The van der Waals surface area contributed by atoms with E-state index in [1.165, 1.54) is 0 Å². The van der Waals surface area contributed by atoms with Crippen molar-refractivity contribution in [2.24, 2.45) is 10.4 Å². The lowest BCUT2D eigenvalue weighted by atomic mass is 9.64. The van der Waals surface area contributed by atoms with E-state index in [4.69, 9.17) is 9.47 Å². The Balaban J connectivity index is 0.00000450. The lowest BCUT2D eigenvalue weighted by Gasteiger charge is -2.52. The quantitative estimate of drug-likeness (QED) is 0.190. The molecule has 0 bridgehead atoms. The van der Waals surface area contributed by atoms with Gasteiger partial charge in [-0.3, -0.25) is 9.69 Å². The number of hydrogen-bond acceptors (Lipinski definition) is 5. The van der Waals surface area contributed by atoms with Gasteiger partial charge in [-0.2, -0.15) is 0 Å². The van der Waals surface area contributed by atoms with Gasteiger partial charge in [0.25, 0.3) is 0 Å². The van der Waals surface area contributed by atoms with Gasteiger partial charge in [-0.25, -0.2) is 4.99 Å². The number of likely N-dealkylation sites (N-methyl/N-ethyl adjacent to an activating group) is 1. The molecule has 0 aromatic heterocycles. The molecule has 2 atom stereocenters. The minimum atomic E-state index is -0.00655. The second-order valence-electron chi connectivity index (χ2n) is 8.80. The molecule has 0 aromatic carbocycles. The van der Waals surface area contributed by atoms with Crippen LogP contribution in [0.2, 0.25) is 0 Å². The van der Waals surface area contributed by atoms with E-state index in [2.05, 4.69) is 41.3 Å². The highest BCUT2D eigenvalue weighted by atomic mass is 127. The van der Waals surface area contributed by atoms with Crippen LogP contribution in [0.1, 0.15) is 40.0 Å². The molecule has 0 radical (unpaired) electrons. The summed E-state index contributed by atoms with van der Waals surface area (Å²) < 4.78 is 11.5. The normalized spacial score (nSPS) is 23.8. The third kappa shape index (κ3) is 8.47. The van der Waals surface area contributed by atoms with Crippen molar-refractivity contribution in [3.63, 3.8) is 0 Å². The topological polar surface area (TPSA) is 78.4 Å². The molecule has 176 valence electrons. The predicted molar refractivity (Wildman–Crippen MR) is 132 cm³/mol. The highest BCUT2D eigenvalue weighted by Crippen LogP contribution is 2.42. The van der Waals surface area contributed by atoms with Crippen LogP contribution in [-0.4, -0.2) is 100 Å². The minimum absolute atomic E-state index is 0. The molecule has 1 saturated carbocycles. The molecule has 1 aliphatic carbocycles. The fourth-order valence-corrected chi connectivity index (χ4v) is 3.55. The van der Waals surface area contributed by atoms with Crippen LogP contribution in [0.5, 0.6) is 0 Å². The summed E-state index contributed by atoms with van der Waals surface area (Å²) in [7, 11) is 3.51. The Morgan fingerprint density at radius 1 is 1.30 bits per heavy atom. The van der Waals surface area contributed by atoms with Crippen molar-refractivity contribution in [3.8, 4) is 0 Å². The first-order valence-corrected chi connectivity index (χ1v) is 11.0. The summed E-state index contributed by atoms with van der Waals surface area (Å²) in [6, 6.07) is 0.276. The number of nitrogens with zero attached hydrogens (tertiary/aromatic N) is 3. The van der Waals surface area contributed by atoms with Crippen LogP contribution in [0, 0.1) is 5.41 Å². The molecule has 0 spiro atoms. The highest BCUT2D eigenvalue weighted by molar-refractivity contribution is 14.0.